The number of carbonyl (C=O) groups is 3. The molecule has 36 heavy (non-hydrogen) atoms. The third kappa shape index (κ3) is 11.6. The predicted octanol–water partition coefficient (Wildman–Crippen LogP) is 1.66. The van der Waals surface area contributed by atoms with Gasteiger partial charge in [-0.25, -0.2) is 16.8 Å². The van der Waals surface area contributed by atoms with Gasteiger partial charge in [-0.2, -0.15) is 0 Å². The molecule has 10 nitrogen and oxygen atoms in total. The van der Waals surface area contributed by atoms with E-state index in [-0.39, 0.29) is 18.6 Å². The lowest BCUT2D eigenvalue weighted by molar-refractivity contribution is -0.119. The van der Waals surface area contributed by atoms with Crippen LogP contribution in [0.2, 0.25) is 0 Å². The number of nitrogens with zero attached hydrogens (tertiary/aromatic N) is 1. The van der Waals surface area contributed by atoms with E-state index in [4.69, 9.17) is 0 Å². The molecule has 0 radical (unpaired) electrons. The van der Waals surface area contributed by atoms with Crippen LogP contribution in [-0.2, 0) is 55.9 Å². The van der Waals surface area contributed by atoms with Crippen molar-refractivity contribution in [2.45, 2.75) is 47.0 Å². The zero-order valence-corrected chi connectivity index (χ0v) is 23.3. The van der Waals surface area contributed by atoms with Crippen LogP contribution in [0.4, 0.5) is 0 Å². The molecule has 0 aliphatic rings. The minimum absolute atomic E-state index is 0.0842. The molecule has 0 unspecified atom stereocenters. The Balaban J connectivity index is 0.000000362. The number of benzene rings is 1. The van der Waals surface area contributed by atoms with Crippen LogP contribution in [-0.4, -0.2) is 51.5 Å². The second-order valence-corrected chi connectivity index (χ2v) is 12.6. The number of carbonyl (C=O) groups excluding carboxylic acids is 3. The molecule has 0 spiro atoms. The van der Waals surface area contributed by atoms with Crippen LogP contribution < -0.4 is 9.44 Å². The molecule has 0 aliphatic heterocycles. The molecule has 0 saturated carbocycles. The van der Waals surface area contributed by atoms with E-state index in [9.17, 15) is 31.2 Å². The average Bonchev–Trinajstić information content (AvgIpc) is 3.01. The van der Waals surface area contributed by atoms with Crippen LogP contribution in [0.5, 0.6) is 0 Å². The molecule has 2 aromatic rings. The van der Waals surface area contributed by atoms with Crippen molar-refractivity contribution in [2.75, 3.05) is 12.5 Å². The maximum absolute atomic E-state index is 11.6. The second-order valence-electron chi connectivity index (χ2n) is 9.13. The van der Waals surface area contributed by atoms with Gasteiger partial charge in [0.2, 0.25) is 31.9 Å². The van der Waals surface area contributed by atoms with E-state index >= 15 is 0 Å². The van der Waals surface area contributed by atoms with Crippen LogP contribution in [0.1, 0.15) is 53.6 Å². The summed E-state index contributed by atoms with van der Waals surface area (Å²) in [5, 5.41) is 0. The number of Topliss-reactive ketones (excluding diaryl/α,β-unsaturated/α-hetero) is 1. The summed E-state index contributed by atoms with van der Waals surface area (Å²) in [5.74, 6) is -0.646. The van der Waals surface area contributed by atoms with Crippen LogP contribution in [0, 0.1) is 12.8 Å². The number of aromatic nitrogens is 1. The standard InChI is InChI=1S/C14H21NO3S.C10H14N2O4S/c1-10(2)7-12-5-6-13(11(3)8-12)9-14(16)15-19(4,17)18;1-7(13)9-5-4-8(12(9)2)6-10(14)11-17(3,15)16/h5-6,8,10H,7,9H2,1-4H3,(H,15,16);4-5H,6H2,1-3H3,(H,11,14). The Labute approximate surface area is 213 Å². The molecule has 1 heterocycles. The minimum Gasteiger partial charge on any atom is -0.345 e. The molecular formula is C24H35N3O7S2. The van der Waals surface area contributed by atoms with Gasteiger partial charge in [-0.05, 0) is 48.1 Å². The summed E-state index contributed by atoms with van der Waals surface area (Å²) in [6.07, 6.45) is 2.88. The Hall–Kier alpha value is -2.99. The predicted molar refractivity (Wildman–Crippen MR) is 139 cm³/mol. The van der Waals surface area contributed by atoms with E-state index in [0.717, 1.165) is 30.1 Å². The second kappa shape index (κ2) is 12.8. The third-order valence-corrected chi connectivity index (χ3v) is 6.13. The average molecular weight is 542 g/mol. The van der Waals surface area contributed by atoms with Gasteiger partial charge in [-0.15, -0.1) is 0 Å². The quantitative estimate of drug-likeness (QED) is 0.459. The maximum atomic E-state index is 11.6. The van der Waals surface area contributed by atoms with Gasteiger partial charge in [-0.1, -0.05) is 32.0 Å². The summed E-state index contributed by atoms with van der Waals surface area (Å²) in [5.41, 5.74) is 4.17. The van der Waals surface area contributed by atoms with Gasteiger partial charge in [-0.3, -0.25) is 23.8 Å². The highest BCUT2D eigenvalue weighted by Gasteiger charge is 2.14. The lowest BCUT2D eigenvalue weighted by Gasteiger charge is -2.10. The summed E-state index contributed by atoms with van der Waals surface area (Å²) in [4.78, 5) is 34.1. The molecule has 200 valence electrons. The highest BCUT2D eigenvalue weighted by atomic mass is 32.2. The lowest BCUT2D eigenvalue weighted by atomic mass is 9.97. The van der Waals surface area contributed by atoms with Crippen LogP contribution in [0.3, 0.4) is 0 Å². The fourth-order valence-corrected chi connectivity index (χ4v) is 4.43. The third-order valence-electron chi connectivity index (χ3n) is 4.93. The molecule has 0 saturated heterocycles. The van der Waals surface area contributed by atoms with Crippen LogP contribution in [0.15, 0.2) is 30.3 Å². The van der Waals surface area contributed by atoms with Crippen molar-refractivity contribution in [1.82, 2.24) is 14.0 Å². The zero-order chi connectivity index (χ0) is 27.8. The maximum Gasteiger partial charge on any atom is 0.239 e. The first kappa shape index (κ1) is 31.0. The zero-order valence-electron chi connectivity index (χ0n) is 21.7. The molecule has 2 rings (SSSR count). The van der Waals surface area contributed by atoms with E-state index in [1.54, 1.807) is 23.7 Å². The molecule has 2 N–H and O–H groups in total. The fourth-order valence-electron chi connectivity index (χ4n) is 3.46. The number of nitrogens with one attached hydrogen (secondary N) is 2. The number of rotatable bonds is 9. The van der Waals surface area contributed by atoms with Crippen LogP contribution in [0.25, 0.3) is 0 Å². The number of hydrogen-bond acceptors (Lipinski definition) is 7. The van der Waals surface area contributed by atoms with Gasteiger partial charge in [0, 0.05) is 19.7 Å². The van der Waals surface area contributed by atoms with Crippen molar-refractivity contribution < 1.29 is 31.2 Å². The Kier molecular flexibility index (Phi) is 11.0. The van der Waals surface area contributed by atoms with Gasteiger partial charge in [0.15, 0.2) is 5.78 Å². The van der Waals surface area contributed by atoms with Crippen LogP contribution >= 0.6 is 0 Å². The van der Waals surface area contributed by atoms with E-state index in [1.165, 1.54) is 12.5 Å². The van der Waals surface area contributed by atoms with Crippen molar-refractivity contribution in [2.24, 2.45) is 13.0 Å². The molecule has 2 amide bonds. The highest BCUT2D eigenvalue weighted by Crippen LogP contribution is 2.15. The van der Waals surface area contributed by atoms with Crippen molar-refractivity contribution in [3.05, 3.63) is 58.4 Å². The molecule has 0 atom stereocenters. The highest BCUT2D eigenvalue weighted by molar-refractivity contribution is 7.89. The Morgan fingerprint density at radius 1 is 0.889 bits per heavy atom. The number of hydrogen-bond donors (Lipinski definition) is 2. The Morgan fingerprint density at radius 3 is 1.83 bits per heavy atom. The Morgan fingerprint density at radius 2 is 1.42 bits per heavy atom. The summed E-state index contributed by atoms with van der Waals surface area (Å²) >= 11 is 0. The summed E-state index contributed by atoms with van der Waals surface area (Å²) in [6.45, 7) is 7.67. The van der Waals surface area contributed by atoms with E-state index in [0.29, 0.717) is 17.3 Å². The van der Waals surface area contributed by atoms with Crippen molar-refractivity contribution in [3.63, 3.8) is 0 Å². The largest absolute Gasteiger partial charge is 0.345 e. The summed E-state index contributed by atoms with van der Waals surface area (Å²) in [7, 11) is -5.37. The van der Waals surface area contributed by atoms with E-state index in [1.807, 2.05) is 28.5 Å². The van der Waals surface area contributed by atoms with Gasteiger partial charge >= 0.3 is 0 Å². The normalized spacial score (nSPS) is 11.4. The molecule has 1 aromatic carbocycles. The molecule has 0 aliphatic carbocycles. The first-order valence-electron chi connectivity index (χ1n) is 11.1. The number of aryl methyl sites for hydroxylation is 1. The number of sulfonamides is 2. The molecule has 0 fully saturated rings. The first-order chi connectivity index (χ1) is 16.4. The number of amides is 2. The lowest BCUT2D eigenvalue weighted by Crippen LogP contribution is -2.31. The SMILES string of the molecule is CC(=O)c1ccc(CC(=O)NS(C)(=O)=O)n1C.Cc1cc(CC(C)C)ccc1CC(=O)NS(C)(=O)=O. The molecule has 0 bridgehead atoms. The smallest absolute Gasteiger partial charge is 0.239 e. The van der Waals surface area contributed by atoms with E-state index < -0.39 is 31.9 Å². The topological polar surface area (TPSA) is 148 Å². The van der Waals surface area contributed by atoms with Gasteiger partial charge < -0.3 is 4.57 Å². The van der Waals surface area contributed by atoms with Crippen molar-refractivity contribution in [3.8, 4) is 0 Å². The Bertz CT molecular complexity index is 1330. The van der Waals surface area contributed by atoms with Gasteiger partial charge in [0.05, 0.1) is 31.0 Å². The van der Waals surface area contributed by atoms with Gasteiger partial charge in [0.1, 0.15) is 0 Å². The van der Waals surface area contributed by atoms with Gasteiger partial charge in [0.25, 0.3) is 0 Å². The first-order valence-corrected chi connectivity index (χ1v) is 14.9. The number of ketones is 1. The summed E-state index contributed by atoms with van der Waals surface area (Å²) in [6, 6.07) is 9.18. The fraction of sp³-hybridized carbons (Fsp3) is 0.458. The van der Waals surface area contributed by atoms with Crippen molar-refractivity contribution in [1.29, 1.82) is 0 Å². The van der Waals surface area contributed by atoms with E-state index in [2.05, 4.69) is 19.9 Å². The van der Waals surface area contributed by atoms with Crippen molar-refractivity contribution >= 4 is 37.6 Å². The summed E-state index contributed by atoms with van der Waals surface area (Å²) < 4.78 is 49.0. The molecule has 12 heteroatoms. The minimum atomic E-state index is -3.54. The monoisotopic (exact) mass is 541 g/mol. The molecule has 1 aromatic heterocycles. The molecular weight excluding hydrogens is 506 g/mol.